The number of nitrogens with zero attached hydrogens (tertiary/aromatic N) is 1. The maximum Gasteiger partial charge on any atom is 0.107 e. The summed E-state index contributed by atoms with van der Waals surface area (Å²) in [4.78, 5) is 2.33. The first kappa shape index (κ1) is 32.7. The molecule has 1 aliphatic heterocycles. The summed E-state index contributed by atoms with van der Waals surface area (Å²) in [5, 5.41) is 10.4. The average molecular weight is 702 g/mol. The summed E-state index contributed by atoms with van der Waals surface area (Å²) < 4.78 is 2.65. The number of thiophene rings is 1. The average Bonchev–Trinajstić information content (AvgIpc) is 3.60. The van der Waals surface area contributed by atoms with Crippen LogP contribution in [0.1, 0.15) is 28.4 Å². The van der Waals surface area contributed by atoms with Crippen LogP contribution in [0.3, 0.4) is 0 Å². The van der Waals surface area contributed by atoms with Crippen LogP contribution in [0.25, 0.3) is 60.3 Å². The number of nitrogens with one attached hydrogen (secondary N) is 2. The first-order chi connectivity index (χ1) is 26.2. The lowest BCUT2D eigenvalue weighted by Crippen LogP contribution is -2.48. The largest absolute Gasteiger partial charge is 0.366 e. The van der Waals surface area contributed by atoms with E-state index in [1.54, 1.807) is 0 Å². The van der Waals surface area contributed by atoms with Crippen molar-refractivity contribution in [1.29, 1.82) is 0 Å². The maximum atomic E-state index is 3.89. The van der Waals surface area contributed by atoms with Crippen LogP contribution in [0, 0.1) is 0 Å². The highest BCUT2D eigenvalue weighted by atomic mass is 32.1. The van der Waals surface area contributed by atoms with Gasteiger partial charge in [-0.15, -0.1) is 11.3 Å². The molecule has 1 aromatic heterocycles. The lowest BCUT2D eigenvalue weighted by Gasteiger charge is -2.40. The highest BCUT2D eigenvalue weighted by Gasteiger charge is 2.28. The second-order valence-electron chi connectivity index (χ2n) is 13.6. The van der Waals surface area contributed by atoms with Crippen molar-refractivity contribution in [2.45, 2.75) is 12.3 Å². The summed E-state index contributed by atoms with van der Waals surface area (Å²) in [6, 6.07) is 63.1. The molecule has 53 heavy (non-hydrogen) atoms. The van der Waals surface area contributed by atoms with Gasteiger partial charge in [0.15, 0.2) is 0 Å². The summed E-state index contributed by atoms with van der Waals surface area (Å²) in [5.74, 6) is 0. The molecule has 2 heterocycles. The van der Waals surface area contributed by atoms with Crippen molar-refractivity contribution in [2.75, 3.05) is 12.4 Å². The molecular formula is C49H39N3S. The van der Waals surface area contributed by atoms with Crippen molar-refractivity contribution in [3.63, 3.8) is 0 Å². The number of anilines is 1. The third-order valence-electron chi connectivity index (χ3n) is 10.1. The van der Waals surface area contributed by atoms with Crippen LogP contribution in [-0.2, 0) is 0 Å². The van der Waals surface area contributed by atoms with Crippen LogP contribution in [-0.4, -0.2) is 18.1 Å². The standard InChI is InChI=1S/C49H39N3S/c1-52-45(35-16-7-3-8-17-35)33-48(51-49(52)36-18-9-4-10-19-36)50-44-28-26-39(31-41(44)25-24-34-14-5-2-6-15-34)37-20-13-21-38(30-37)40-27-29-47-43(32-40)42-22-11-12-23-46(42)53-47/h2-33,48-51H,1H3/b25-24-. The molecule has 7 aromatic carbocycles. The molecule has 2 unspecified atom stereocenters. The Kier molecular flexibility index (Phi) is 8.90. The summed E-state index contributed by atoms with van der Waals surface area (Å²) >= 11 is 1.86. The molecule has 0 bridgehead atoms. The Morgan fingerprint density at radius 2 is 1.17 bits per heavy atom. The van der Waals surface area contributed by atoms with Crippen LogP contribution in [0.5, 0.6) is 0 Å². The lowest BCUT2D eigenvalue weighted by molar-refractivity contribution is 0.270. The molecule has 0 fully saturated rings. The van der Waals surface area contributed by atoms with Crippen LogP contribution in [0.2, 0.25) is 0 Å². The molecule has 2 N–H and O–H groups in total. The molecule has 0 saturated carbocycles. The number of benzene rings is 7. The van der Waals surface area contributed by atoms with Crippen molar-refractivity contribution < 1.29 is 0 Å². The topological polar surface area (TPSA) is 27.3 Å². The van der Waals surface area contributed by atoms with Gasteiger partial charge in [-0.25, -0.2) is 0 Å². The molecule has 3 nitrogen and oxygen atoms in total. The minimum Gasteiger partial charge on any atom is -0.366 e. The van der Waals surface area contributed by atoms with E-state index in [0.29, 0.717) is 0 Å². The Balaban J connectivity index is 1.08. The summed E-state index contributed by atoms with van der Waals surface area (Å²) in [5.41, 5.74) is 11.7. The van der Waals surface area contributed by atoms with Crippen LogP contribution in [0.4, 0.5) is 5.69 Å². The van der Waals surface area contributed by atoms with E-state index in [-0.39, 0.29) is 12.3 Å². The molecule has 0 amide bonds. The molecule has 256 valence electrons. The van der Waals surface area contributed by atoms with Gasteiger partial charge >= 0.3 is 0 Å². The lowest BCUT2D eigenvalue weighted by atomic mass is 9.96. The van der Waals surface area contributed by atoms with E-state index in [4.69, 9.17) is 0 Å². The number of fused-ring (bicyclic) bond motifs is 3. The first-order valence-corrected chi connectivity index (χ1v) is 18.9. The Morgan fingerprint density at radius 1 is 0.547 bits per heavy atom. The van der Waals surface area contributed by atoms with E-state index in [1.807, 2.05) is 11.3 Å². The smallest absolute Gasteiger partial charge is 0.107 e. The van der Waals surface area contributed by atoms with Crippen LogP contribution < -0.4 is 10.6 Å². The fourth-order valence-electron chi connectivity index (χ4n) is 7.41. The maximum absolute atomic E-state index is 3.89. The third-order valence-corrected chi connectivity index (χ3v) is 11.3. The molecule has 4 heteroatoms. The molecule has 2 atom stereocenters. The van der Waals surface area contributed by atoms with Gasteiger partial charge in [0.2, 0.25) is 0 Å². The second kappa shape index (κ2) is 14.4. The zero-order chi connectivity index (χ0) is 35.6. The summed E-state index contributed by atoms with van der Waals surface area (Å²) in [6.45, 7) is 0. The van der Waals surface area contributed by atoms with Gasteiger partial charge in [-0.3, -0.25) is 5.32 Å². The quantitative estimate of drug-likeness (QED) is 0.154. The Labute approximate surface area is 315 Å². The van der Waals surface area contributed by atoms with Crippen LogP contribution in [0.15, 0.2) is 182 Å². The van der Waals surface area contributed by atoms with E-state index in [2.05, 4.69) is 217 Å². The number of hydrogen-bond acceptors (Lipinski definition) is 4. The van der Waals surface area contributed by atoms with Gasteiger partial charge in [0.25, 0.3) is 0 Å². The summed E-state index contributed by atoms with van der Waals surface area (Å²) in [6.07, 6.45) is 6.59. The minimum atomic E-state index is -0.118. The Bertz CT molecular complexity index is 2590. The van der Waals surface area contributed by atoms with Crippen molar-refractivity contribution >= 4 is 55.0 Å². The SMILES string of the molecule is CN1C(c2ccccc2)=CC(Nc2ccc(-c3cccc(-c4ccc5sc6ccccc6c5c4)c3)cc2/C=C\c2ccccc2)NC1c1ccccc1. The second-order valence-corrected chi connectivity index (χ2v) is 14.7. The predicted octanol–water partition coefficient (Wildman–Crippen LogP) is 12.6. The highest BCUT2D eigenvalue weighted by Crippen LogP contribution is 2.38. The van der Waals surface area contributed by atoms with E-state index in [9.17, 15) is 0 Å². The zero-order valence-electron chi connectivity index (χ0n) is 29.5. The molecule has 1 aliphatic rings. The van der Waals surface area contributed by atoms with Crippen LogP contribution >= 0.6 is 11.3 Å². The fraction of sp³-hybridized carbons (Fsp3) is 0.0612. The zero-order valence-corrected chi connectivity index (χ0v) is 30.3. The van der Waals surface area contributed by atoms with E-state index in [0.717, 1.165) is 16.8 Å². The summed E-state index contributed by atoms with van der Waals surface area (Å²) in [7, 11) is 2.16. The molecule has 8 aromatic rings. The first-order valence-electron chi connectivity index (χ1n) is 18.1. The minimum absolute atomic E-state index is 0.00878. The van der Waals surface area contributed by atoms with Gasteiger partial charge in [0, 0.05) is 38.6 Å². The van der Waals surface area contributed by atoms with Gasteiger partial charge in [-0.1, -0.05) is 152 Å². The highest BCUT2D eigenvalue weighted by molar-refractivity contribution is 7.25. The number of hydrogen-bond donors (Lipinski definition) is 2. The molecule has 9 rings (SSSR count). The molecular weight excluding hydrogens is 663 g/mol. The molecule has 0 saturated heterocycles. The van der Waals surface area contributed by atoms with Gasteiger partial charge in [0.1, 0.15) is 12.3 Å². The molecule has 0 spiro atoms. The van der Waals surface area contributed by atoms with E-state index < -0.39 is 0 Å². The molecule has 0 radical (unpaired) electrons. The van der Waals surface area contributed by atoms with E-state index >= 15 is 0 Å². The van der Waals surface area contributed by atoms with Gasteiger partial charge in [-0.05, 0) is 87.0 Å². The monoisotopic (exact) mass is 701 g/mol. The van der Waals surface area contributed by atoms with E-state index in [1.165, 1.54) is 59.3 Å². The Morgan fingerprint density at radius 3 is 1.96 bits per heavy atom. The Hall–Kier alpha value is -6.20. The van der Waals surface area contributed by atoms with Crippen molar-refractivity contribution in [3.8, 4) is 22.3 Å². The van der Waals surface area contributed by atoms with Gasteiger partial charge in [-0.2, -0.15) is 0 Å². The van der Waals surface area contributed by atoms with Crippen molar-refractivity contribution in [3.05, 3.63) is 204 Å². The predicted molar refractivity (Wildman–Crippen MR) is 227 cm³/mol. The van der Waals surface area contributed by atoms with Crippen molar-refractivity contribution in [2.24, 2.45) is 0 Å². The van der Waals surface area contributed by atoms with Gasteiger partial charge < -0.3 is 10.2 Å². The third kappa shape index (κ3) is 6.78. The normalized spacial score (nSPS) is 15.9. The van der Waals surface area contributed by atoms with Crippen molar-refractivity contribution in [1.82, 2.24) is 10.2 Å². The number of rotatable bonds is 8. The molecule has 0 aliphatic carbocycles. The fourth-order valence-corrected chi connectivity index (χ4v) is 8.49. The van der Waals surface area contributed by atoms with Gasteiger partial charge in [0.05, 0.1) is 0 Å².